The van der Waals surface area contributed by atoms with Gasteiger partial charge in [-0.2, -0.15) is 0 Å². The first-order valence-corrected chi connectivity index (χ1v) is 7.65. The molecule has 0 spiro atoms. The van der Waals surface area contributed by atoms with Gasteiger partial charge in [0.15, 0.2) is 5.17 Å². The summed E-state index contributed by atoms with van der Waals surface area (Å²) in [5, 5.41) is 5.16. The third-order valence-electron chi connectivity index (χ3n) is 3.16. The predicted octanol–water partition coefficient (Wildman–Crippen LogP) is 4.49. The van der Waals surface area contributed by atoms with Crippen molar-refractivity contribution in [2.45, 2.75) is 44.8 Å². The van der Waals surface area contributed by atoms with E-state index < -0.39 is 0 Å². The van der Waals surface area contributed by atoms with E-state index in [4.69, 9.17) is 0 Å². The fourth-order valence-electron chi connectivity index (χ4n) is 2.03. The topological polar surface area (TPSA) is 24.4 Å². The Balaban J connectivity index is 1.90. The second-order valence-electron chi connectivity index (χ2n) is 5.08. The second-order valence-corrected chi connectivity index (χ2v) is 6.37. The highest BCUT2D eigenvalue weighted by molar-refractivity contribution is 8.15. The number of nitrogens with zero attached hydrogens (tertiary/aromatic N) is 1. The molecule has 1 N–H and O–H groups in total. The lowest BCUT2D eigenvalue weighted by Crippen LogP contribution is -2.07. The number of amidine groups is 1. The zero-order chi connectivity index (χ0) is 13.0. The maximum atomic E-state index is 4.56. The molecule has 0 amide bonds. The molecule has 1 atom stereocenters. The van der Waals surface area contributed by atoms with Gasteiger partial charge in [0.05, 0.1) is 6.54 Å². The molecule has 1 unspecified atom stereocenters. The Morgan fingerprint density at radius 3 is 2.67 bits per heavy atom. The van der Waals surface area contributed by atoms with Crippen LogP contribution in [0.2, 0.25) is 0 Å². The SMILES string of the molecule is CCCC1CN=C(Nc2ccc(C(C)C)cc2)S1. The van der Waals surface area contributed by atoms with Crippen molar-refractivity contribution in [3.63, 3.8) is 0 Å². The van der Waals surface area contributed by atoms with Crippen molar-refractivity contribution in [3.8, 4) is 0 Å². The summed E-state index contributed by atoms with van der Waals surface area (Å²) in [4.78, 5) is 4.56. The van der Waals surface area contributed by atoms with Crippen LogP contribution in [-0.4, -0.2) is 17.0 Å². The van der Waals surface area contributed by atoms with Crippen LogP contribution < -0.4 is 5.32 Å². The summed E-state index contributed by atoms with van der Waals surface area (Å²) in [7, 11) is 0. The van der Waals surface area contributed by atoms with Crippen molar-refractivity contribution in [2.75, 3.05) is 11.9 Å². The first kappa shape index (κ1) is 13.5. The molecule has 1 heterocycles. The summed E-state index contributed by atoms with van der Waals surface area (Å²) >= 11 is 1.88. The minimum absolute atomic E-state index is 0.589. The summed E-state index contributed by atoms with van der Waals surface area (Å²) in [5.41, 5.74) is 2.52. The van der Waals surface area contributed by atoms with Crippen LogP contribution in [0.25, 0.3) is 0 Å². The fourth-order valence-corrected chi connectivity index (χ4v) is 3.18. The van der Waals surface area contributed by atoms with E-state index in [0.29, 0.717) is 11.2 Å². The number of thioether (sulfide) groups is 1. The molecule has 2 rings (SSSR count). The van der Waals surface area contributed by atoms with Crippen LogP contribution in [0.4, 0.5) is 5.69 Å². The molecule has 18 heavy (non-hydrogen) atoms. The molecule has 1 aromatic carbocycles. The highest BCUT2D eigenvalue weighted by Gasteiger charge is 2.18. The molecule has 1 aliphatic rings. The van der Waals surface area contributed by atoms with E-state index in [1.54, 1.807) is 0 Å². The Bertz CT molecular complexity index is 409. The smallest absolute Gasteiger partial charge is 0.161 e. The van der Waals surface area contributed by atoms with Gasteiger partial charge in [-0.25, -0.2) is 0 Å². The van der Waals surface area contributed by atoms with Gasteiger partial charge < -0.3 is 5.32 Å². The zero-order valence-corrected chi connectivity index (χ0v) is 12.3. The number of nitrogens with one attached hydrogen (secondary N) is 1. The summed E-state index contributed by atoms with van der Waals surface area (Å²) in [6.07, 6.45) is 2.50. The van der Waals surface area contributed by atoms with Crippen molar-refractivity contribution in [3.05, 3.63) is 29.8 Å². The van der Waals surface area contributed by atoms with Gasteiger partial charge in [0, 0.05) is 10.9 Å². The molecule has 1 aromatic rings. The van der Waals surface area contributed by atoms with Gasteiger partial charge >= 0.3 is 0 Å². The molecule has 2 nitrogen and oxygen atoms in total. The largest absolute Gasteiger partial charge is 0.335 e. The Hall–Kier alpha value is -0.960. The number of hydrogen-bond donors (Lipinski definition) is 1. The average molecular weight is 262 g/mol. The highest BCUT2D eigenvalue weighted by atomic mass is 32.2. The number of anilines is 1. The van der Waals surface area contributed by atoms with Crippen LogP contribution >= 0.6 is 11.8 Å². The van der Waals surface area contributed by atoms with Crippen LogP contribution in [0.3, 0.4) is 0 Å². The molecular formula is C15H22N2S. The number of hydrogen-bond acceptors (Lipinski definition) is 3. The Morgan fingerprint density at radius 2 is 2.06 bits per heavy atom. The quantitative estimate of drug-likeness (QED) is 0.864. The summed E-state index contributed by atoms with van der Waals surface area (Å²) in [6.45, 7) is 7.63. The third-order valence-corrected chi connectivity index (χ3v) is 4.33. The van der Waals surface area contributed by atoms with Crippen molar-refractivity contribution >= 4 is 22.6 Å². The molecule has 3 heteroatoms. The van der Waals surface area contributed by atoms with Gasteiger partial charge in [0.2, 0.25) is 0 Å². The van der Waals surface area contributed by atoms with Gasteiger partial charge in [-0.15, -0.1) is 0 Å². The van der Waals surface area contributed by atoms with Gasteiger partial charge in [-0.1, -0.05) is 51.1 Å². The Morgan fingerprint density at radius 1 is 1.33 bits per heavy atom. The van der Waals surface area contributed by atoms with Gasteiger partial charge in [0.1, 0.15) is 0 Å². The normalized spacial score (nSPS) is 19.1. The standard InChI is InChI=1S/C15H22N2S/c1-4-5-14-10-16-15(18-14)17-13-8-6-12(7-9-13)11(2)3/h6-9,11,14H,4-5,10H2,1-3H3,(H,16,17). The van der Waals surface area contributed by atoms with Gasteiger partial charge in [0.25, 0.3) is 0 Å². The van der Waals surface area contributed by atoms with E-state index in [1.165, 1.54) is 18.4 Å². The van der Waals surface area contributed by atoms with E-state index in [2.05, 4.69) is 55.3 Å². The molecule has 0 saturated heterocycles. The van der Waals surface area contributed by atoms with E-state index in [-0.39, 0.29) is 0 Å². The number of rotatable bonds is 4. The van der Waals surface area contributed by atoms with Crippen LogP contribution in [0.1, 0.15) is 45.1 Å². The molecule has 0 aromatic heterocycles. The number of benzene rings is 1. The van der Waals surface area contributed by atoms with Crippen molar-refractivity contribution in [2.24, 2.45) is 4.99 Å². The molecule has 0 aliphatic carbocycles. The summed E-state index contributed by atoms with van der Waals surface area (Å²) in [6, 6.07) is 8.67. The third kappa shape index (κ3) is 3.52. The van der Waals surface area contributed by atoms with Crippen LogP contribution in [0.5, 0.6) is 0 Å². The molecule has 1 aliphatic heterocycles. The lowest BCUT2D eigenvalue weighted by molar-refractivity contribution is 0.754. The Labute approximate surface area is 114 Å². The highest BCUT2D eigenvalue weighted by Crippen LogP contribution is 2.26. The van der Waals surface area contributed by atoms with Gasteiger partial charge in [-0.05, 0) is 30.0 Å². The minimum atomic E-state index is 0.589. The van der Waals surface area contributed by atoms with Crippen molar-refractivity contribution < 1.29 is 0 Å². The molecule has 0 fully saturated rings. The number of aliphatic imine (C=N–C) groups is 1. The molecular weight excluding hydrogens is 240 g/mol. The van der Waals surface area contributed by atoms with E-state index >= 15 is 0 Å². The molecule has 0 radical (unpaired) electrons. The zero-order valence-electron chi connectivity index (χ0n) is 11.4. The molecule has 0 saturated carbocycles. The van der Waals surface area contributed by atoms with Crippen molar-refractivity contribution in [1.29, 1.82) is 0 Å². The lowest BCUT2D eigenvalue weighted by Gasteiger charge is -2.09. The van der Waals surface area contributed by atoms with Crippen LogP contribution in [0.15, 0.2) is 29.3 Å². The predicted molar refractivity (Wildman–Crippen MR) is 82.7 cm³/mol. The van der Waals surface area contributed by atoms with E-state index in [0.717, 1.165) is 17.4 Å². The lowest BCUT2D eigenvalue weighted by atomic mass is 10.0. The maximum absolute atomic E-state index is 4.56. The van der Waals surface area contributed by atoms with E-state index in [9.17, 15) is 0 Å². The fraction of sp³-hybridized carbons (Fsp3) is 0.533. The first-order valence-electron chi connectivity index (χ1n) is 6.77. The van der Waals surface area contributed by atoms with Crippen LogP contribution in [0, 0.1) is 0 Å². The second kappa shape index (κ2) is 6.28. The first-order chi connectivity index (χ1) is 8.69. The van der Waals surface area contributed by atoms with Gasteiger partial charge in [-0.3, -0.25) is 4.99 Å². The minimum Gasteiger partial charge on any atom is -0.335 e. The van der Waals surface area contributed by atoms with Crippen LogP contribution in [-0.2, 0) is 0 Å². The maximum Gasteiger partial charge on any atom is 0.161 e. The Kier molecular flexibility index (Phi) is 4.70. The van der Waals surface area contributed by atoms with E-state index in [1.807, 2.05) is 11.8 Å². The molecule has 0 bridgehead atoms. The van der Waals surface area contributed by atoms with Crippen molar-refractivity contribution in [1.82, 2.24) is 0 Å². The summed E-state index contributed by atoms with van der Waals surface area (Å²) < 4.78 is 0. The summed E-state index contributed by atoms with van der Waals surface area (Å²) in [5.74, 6) is 0.589. The average Bonchev–Trinajstić information content (AvgIpc) is 2.78. The molecule has 98 valence electrons. The monoisotopic (exact) mass is 262 g/mol.